The highest BCUT2D eigenvalue weighted by molar-refractivity contribution is 6.32. The first-order valence-electron chi connectivity index (χ1n) is 7.17. The van der Waals surface area contributed by atoms with Crippen LogP contribution in [0.15, 0.2) is 28.7 Å². The molecule has 114 valence electrons. The first-order chi connectivity index (χ1) is 9.92. The zero-order valence-electron chi connectivity index (χ0n) is 12.9. The summed E-state index contributed by atoms with van der Waals surface area (Å²) in [5.74, 6) is 2.37. The van der Waals surface area contributed by atoms with E-state index in [9.17, 15) is 0 Å². The van der Waals surface area contributed by atoms with E-state index in [1.807, 2.05) is 52.0 Å². The second kappa shape index (κ2) is 6.54. The molecule has 2 rings (SSSR count). The molecule has 2 aromatic rings. The van der Waals surface area contributed by atoms with Crippen LogP contribution in [0.25, 0.3) is 0 Å². The van der Waals surface area contributed by atoms with E-state index < -0.39 is 0 Å². The summed E-state index contributed by atoms with van der Waals surface area (Å²) in [6, 6.07) is 7.57. The van der Waals surface area contributed by atoms with Crippen LogP contribution < -0.4 is 10.5 Å². The van der Waals surface area contributed by atoms with Crippen LogP contribution in [0.4, 0.5) is 0 Å². The summed E-state index contributed by atoms with van der Waals surface area (Å²) in [7, 11) is 0. The Hall–Kier alpha value is -1.45. The Kier molecular flexibility index (Phi) is 4.96. The maximum atomic E-state index is 6.20. The van der Waals surface area contributed by atoms with Crippen LogP contribution in [0.5, 0.6) is 5.75 Å². The Bertz CT molecular complexity index is 598. The van der Waals surface area contributed by atoms with E-state index in [0.717, 1.165) is 39.8 Å². The molecular weight excluding hydrogens is 286 g/mol. The molecule has 2 atom stereocenters. The Balaban J connectivity index is 2.31. The maximum Gasteiger partial charge on any atom is 0.171 e. The van der Waals surface area contributed by atoms with Crippen LogP contribution in [0.3, 0.4) is 0 Å². The summed E-state index contributed by atoms with van der Waals surface area (Å²) in [5, 5.41) is 0.771. The summed E-state index contributed by atoms with van der Waals surface area (Å²) >= 11 is 6.20. The van der Waals surface area contributed by atoms with E-state index in [0.29, 0.717) is 0 Å². The molecule has 1 aromatic carbocycles. The lowest BCUT2D eigenvalue weighted by atomic mass is 10.1. The lowest BCUT2D eigenvalue weighted by Gasteiger charge is -2.23. The van der Waals surface area contributed by atoms with E-state index in [-0.39, 0.29) is 12.1 Å². The second-order valence-corrected chi connectivity index (χ2v) is 5.81. The minimum atomic E-state index is -0.302. The zero-order valence-corrected chi connectivity index (χ0v) is 13.7. The molecule has 1 heterocycles. The van der Waals surface area contributed by atoms with Gasteiger partial charge < -0.3 is 14.9 Å². The number of hydrogen-bond acceptors (Lipinski definition) is 3. The first kappa shape index (κ1) is 15.9. The molecule has 0 aliphatic rings. The number of halogens is 1. The Morgan fingerprint density at radius 1 is 1.19 bits per heavy atom. The molecule has 0 radical (unpaired) electrons. The van der Waals surface area contributed by atoms with Gasteiger partial charge in [-0.05, 0) is 62.6 Å². The second-order valence-electron chi connectivity index (χ2n) is 5.43. The summed E-state index contributed by atoms with van der Waals surface area (Å²) in [6.07, 6.45) is 0.499. The van der Waals surface area contributed by atoms with Gasteiger partial charge in [0.15, 0.2) is 6.10 Å². The largest absolute Gasteiger partial charge is 0.481 e. The highest BCUT2D eigenvalue weighted by Gasteiger charge is 2.24. The van der Waals surface area contributed by atoms with E-state index in [1.165, 1.54) is 0 Å². The number of ether oxygens (including phenoxy) is 1. The molecule has 0 saturated carbocycles. The fraction of sp³-hybridized carbons (Fsp3) is 0.412. The van der Waals surface area contributed by atoms with Crippen molar-refractivity contribution >= 4 is 11.6 Å². The molecule has 21 heavy (non-hydrogen) atoms. The van der Waals surface area contributed by atoms with Gasteiger partial charge in [-0.1, -0.05) is 18.5 Å². The van der Waals surface area contributed by atoms with Crippen LogP contribution in [-0.2, 0) is 0 Å². The Labute approximate surface area is 131 Å². The smallest absolute Gasteiger partial charge is 0.171 e. The van der Waals surface area contributed by atoms with E-state index in [1.54, 1.807) is 0 Å². The fourth-order valence-corrected chi connectivity index (χ4v) is 2.41. The summed E-state index contributed by atoms with van der Waals surface area (Å²) in [5.41, 5.74) is 8.18. The van der Waals surface area contributed by atoms with Crippen molar-refractivity contribution in [2.75, 3.05) is 0 Å². The third-order valence-electron chi connectivity index (χ3n) is 3.57. The van der Waals surface area contributed by atoms with Gasteiger partial charge in [0.25, 0.3) is 0 Å². The van der Waals surface area contributed by atoms with E-state index in [4.69, 9.17) is 26.5 Å². The molecule has 0 saturated heterocycles. The minimum Gasteiger partial charge on any atom is -0.481 e. The van der Waals surface area contributed by atoms with Crippen molar-refractivity contribution < 1.29 is 9.15 Å². The van der Waals surface area contributed by atoms with Crippen molar-refractivity contribution in [1.82, 2.24) is 0 Å². The van der Waals surface area contributed by atoms with Gasteiger partial charge in [-0.3, -0.25) is 0 Å². The quantitative estimate of drug-likeness (QED) is 0.869. The van der Waals surface area contributed by atoms with E-state index >= 15 is 0 Å². The average Bonchev–Trinajstić information content (AvgIpc) is 2.87. The molecule has 2 N–H and O–H groups in total. The third-order valence-corrected chi connectivity index (χ3v) is 4.17. The average molecular weight is 308 g/mol. The van der Waals surface area contributed by atoms with Gasteiger partial charge >= 0.3 is 0 Å². The van der Waals surface area contributed by atoms with Crippen LogP contribution in [0.2, 0.25) is 5.02 Å². The summed E-state index contributed by atoms with van der Waals surface area (Å²) < 4.78 is 11.8. The topological polar surface area (TPSA) is 48.4 Å². The van der Waals surface area contributed by atoms with Gasteiger partial charge in [0.05, 0.1) is 0 Å². The van der Waals surface area contributed by atoms with Gasteiger partial charge in [-0.2, -0.15) is 0 Å². The normalized spacial score (nSPS) is 14.0. The van der Waals surface area contributed by atoms with E-state index in [2.05, 4.69) is 0 Å². The predicted octanol–water partition coefficient (Wildman–Crippen LogP) is 4.72. The molecule has 0 aliphatic heterocycles. The molecule has 2 unspecified atom stereocenters. The van der Waals surface area contributed by atoms with Gasteiger partial charge in [0, 0.05) is 11.1 Å². The zero-order chi connectivity index (χ0) is 15.6. The number of benzene rings is 1. The standard InChI is InChI=1S/C17H22ClNO2/c1-5-14(19)17(15-7-6-12(4)20-15)21-13-8-10(2)16(18)11(3)9-13/h6-9,14,17H,5,19H2,1-4H3. The number of furan rings is 1. The van der Waals surface area contributed by atoms with Gasteiger partial charge in [0.1, 0.15) is 17.3 Å². The van der Waals surface area contributed by atoms with Crippen molar-refractivity contribution in [2.45, 2.75) is 46.3 Å². The van der Waals surface area contributed by atoms with Crippen molar-refractivity contribution in [2.24, 2.45) is 5.73 Å². The Morgan fingerprint density at radius 3 is 2.29 bits per heavy atom. The maximum absolute atomic E-state index is 6.20. The van der Waals surface area contributed by atoms with Gasteiger partial charge in [-0.25, -0.2) is 0 Å². The number of rotatable bonds is 5. The lowest BCUT2D eigenvalue weighted by molar-refractivity contribution is 0.143. The van der Waals surface area contributed by atoms with Crippen LogP contribution in [0, 0.1) is 20.8 Å². The number of nitrogens with two attached hydrogens (primary N) is 1. The van der Waals surface area contributed by atoms with Crippen LogP contribution in [0.1, 0.15) is 42.1 Å². The van der Waals surface area contributed by atoms with Crippen molar-refractivity contribution in [3.05, 3.63) is 51.9 Å². The summed E-state index contributed by atoms with van der Waals surface area (Å²) in [4.78, 5) is 0. The monoisotopic (exact) mass is 307 g/mol. The molecule has 0 amide bonds. The molecular formula is C17H22ClNO2. The number of aryl methyl sites for hydroxylation is 3. The number of hydrogen-bond donors (Lipinski definition) is 1. The van der Waals surface area contributed by atoms with Gasteiger partial charge in [-0.15, -0.1) is 0 Å². The van der Waals surface area contributed by atoms with Crippen molar-refractivity contribution in [3.8, 4) is 5.75 Å². The van der Waals surface area contributed by atoms with Gasteiger partial charge in [0.2, 0.25) is 0 Å². The van der Waals surface area contributed by atoms with Crippen LogP contribution in [-0.4, -0.2) is 6.04 Å². The van der Waals surface area contributed by atoms with Crippen molar-refractivity contribution in [1.29, 1.82) is 0 Å². The first-order valence-corrected chi connectivity index (χ1v) is 7.55. The van der Waals surface area contributed by atoms with Crippen molar-refractivity contribution in [3.63, 3.8) is 0 Å². The highest BCUT2D eigenvalue weighted by atomic mass is 35.5. The molecule has 1 aromatic heterocycles. The fourth-order valence-electron chi connectivity index (χ4n) is 2.30. The van der Waals surface area contributed by atoms with Crippen LogP contribution >= 0.6 is 11.6 Å². The molecule has 4 heteroatoms. The Morgan fingerprint density at radius 2 is 1.81 bits per heavy atom. The molecule has 0 spiro atoms. The molecule has 0 fully saturated rings. The SMILES string of the molecule is CCC(N)C(Oc1cc(C)c(Cl)c(C)c1)c1ccc(C)o1. The third kappa shape index (κ3) is 3.60. The predicted molar refractivity (Wildman–Crippen MR) is 86.0 cm³/mol. The highest BCUT2D eigenvalue weighted by Crippen LogP contribution is 2.31. The summed E-state index contributed by atoms with van der Waals surface area (Å²) in [6.45, 7) is 7.88. The molecule has 0 aliphatic carbocycles. The molecule has 0 bridgehead atoms. The minimum absolute atomic E-state index is 0.133. The molecule has 3 nitrogen and oxygen atoms in total. The lowest BCUT2D eigenvalue weighted by Crippen LogP contribution is -2.31.